The second-order valence-electron chi connectivity index (χ2n) is 6.63. The molecule has 7 nitrogen and oxygen atoms in total. The highest BCUT2D eigenvalue weighted by atomic mass is 32.1. The Labute approximate surface area is 175 Å². The van der Waals surface area contributed by atoms with Crippen LogP contribution in [-0.4, -0.2) is 49.1 Å². The molecule has 0 aliphatic carbocycles. The van der Waals surface area contributed by atoms with Gasteiger partial charge in [-0.15, -0.1) is 5.10 Å². The molecule has 3 aromatic rings. The normalized spacial score (nSPS) is 10.9. The SMILES string of the molecule is COc1ccc(-c2nn(CN(C)CCOc3cccc(C)c3)c(=S)o2)cc1OC. The summed E-state index contributed by atoms with van der Waals surface area (Å²) in [6.07, 6.45) is 0. The molecule has 0 fully saturated rings. The van der Waals surface area contributed by atoms with Crippen molar-refractivity contribution in [2.75, 3.05) is 34.4 Å². The predicted molar refractivity (Wildman–Crippen MR) is 113 cm³/mol. The molecule has 0 aliphatic rings. The van der Waals surface area contributed by atoms with Crippen LogP contribution in [0.5, 0.6) is 17.2 Å². The summed E-state index contributed by atoms with van der Waals surface area (Å²) >= 11 is 5.32. The maximum Gasteiger partial charge on any atom is 0.288 e. The molecule has 0 spiro atoms. The fourth-order valence-corrected chi connectivity index (χ4v) is 2.98. The van der Waals surface area contributed by atoms with E-state index >= 15 is 0 Å². The minimum absolute atomic E-state index is 0.307. The van der Waals surface area contributed by atoms with E-state index in [4.69, 9.17) is 30.8 Å². The Balaban J connectivity index is 1.62. The highest BCUT2D eigenvalue weighted by Crippen LogP contribution is 2.31. The first-order valence-corrected chi connectivity index (χ1v) is 9.59. The molecule has 1 heterocycles. The minimum atomic E-state index is 0.307. The lowest BCUT2D eigenvalue weighted by Gasteiger charge is -2.16. The Morgan fingerprint density at radius 1 is 1.10 bits per heavy atom. The quantitative estimate of drug-likeness (QED) is 0.486. The first-order valence-electron chi connectivity index (χ1n) is 9.18. The molecule has 0 radical (unpaired) electrons. The van der Waals surface area contributed by atoms with Gasteiger partial charge in [0.1, 0.15) is 12.4 Å². The fourth-order valence-electron chi connectivity index (χ4n) is 2.81. The molecule has 0 unspecified atom stereocenters. The van der Waals surface area contributed by atoms with E-state index < -0.39 is 0 Å². The van der Waals surface area contributed by atoms with Gasteiger partial charge in [-0.25, -0.2) is 4.68 Å². The smallest absolute Gasteiger partial charge is 0.288 e. The van der Waals surface area contributed by atoms with E-state index in [0.717, 1.165) is 11.3 Å². The van der Waals surface area contributed by atoms with Crippen molar-refractivity contribution in [3.63, 3.8) is 0 Å². The number of hydrogen-bond donors (Lipinski definition) is 0. The topological polar surface area (TPSA) is 61.9 Å². The molecule has 29 heavy (non-hydrogen) atoms. The standard InChI is InChI=1S/C21H25N3O4S/c1-15-6-5-7-17(12-15)27-11-10-23(2)14-24-21(29)28-20(22-24)16-8-9-18(25-3)19(13-16)26-4/h5-9,12-13H,10-11,14H2,1-4H3. The van der Waals surface area contributed by atoms with Crippen LogP contribution in [-0.2, 0) is 6.67 Å². The lowest BCUT2D eigenvalue weighted by Crippen LogP contribution is -2.27. The van der Waals surface area contributed by atoms with Crippen molar-refractivity contribution >= 4 is 12.2 Å². The van der Waals surface area contributed by atoms with Gasteiger partial charge in [0.25, 0.3) is 4.84 Å². The van der Waals surface area contributed by atoms with E-state index in [9.17, 15) is 0 Å². The average Bonchev–Trinajstić information content (AvgIpc) is 3.07. The molecular weight excluding hydrogens is 390 g/mol. The third-order valence-electron chi connectivity index (χ3n) is 4.34. The number of methoxy groups -OCH3 is 2. The molecule has 0 N–H and O–H groups in total. The first-order chi connectivity index (χ1) is 14.0. The third-order valence-corrected chi connectivity index (χ3v) is 4.64. The van der Waals surface area contributed by atoms with Gasteiger partial charge in [-0.05, 0) is 62.1 Å². The van der Waals surface area contributed by atoms with Gasteiger partial charge in [-0.2, -0.15) is 0 Å². The molecule has 0 bridgehead atoms. The van der Waals surface area contributed by atoms with E-state index in [2.05, 4.69) is 10.00 Å². The van der Waals surface area contributed by atoms with Crippen LogP contribution in [0.2, 0.25) is 0 Å². The molecule has 0 atom stereocenters. The van der Waals surface area contributed by atoms with Gasteiger partial charge >= 0.3 is 0 Å². The summed E-state index contributed by atoms with van der Waals surface area (Å²) in [4.78, 5) is 2.37. The zero-order chi connectivity index (χ0) is 20.8. The van der Waals surface area contributed by atoms with Crippen LogP contribution in [0.3, 0.4) is 0 Å². The Bertz CT molecular complexity index is 1020. The number of nitrogens with zero attached hydrogens (tertiary/aromatic N) is 3. The van der Waals surface area contributed by atoms with Crippen LogP contribution < -0.4 is 14.2 Å². The lowest BCUT2D eigenvalue weighted by atomic mass is 10.2. The Morgan fingerprint density at radius 2 is 1.90 bits per heavy atom. The van der Waals surface area contributed by atoms with Crippen LogP contribution in [0.4, 0.5) is 0 Å². The molecular formula is C21H25N3O4S. The second kappa shape index (κ2) is 9.58. The Morgan fingerprint density at radius 3 is 2.62 bits per heavy atom. The van der Waals surface area contributed by atoms with Crippen LogP contribution in [0, 0.1) is 11.8 Å². The summed E-state index contributed by atoms with van der Waals surface area (Å²) in [7, 11) is 5.16. The van der Waals surface area contributed by atoms with Crippen molar-refractivity contribution < 1.29 is 18.6 Å². The number of aromatic nitrogens is 2. The van der Waals surface area contributed by atoms with Gasteiger partial charge in [-0.1, -0.05) is 12.1 Å². The summed E-state index contributed by atoms with van der Waals surface area (Å²) in [5, 5.41) is 4.50. The summed E-state index contributed by atoms with van der Waals surface area (Å²) in [6, 6.07) is 13.5. The first kappa shape index (κ1) is 20.9. The van der Waals surface area contributed by atoms with Crippen LogP contribution in [0.1, 0.15) is 5.56 Å². The van der Waals surface area contributed by atoms with Crippen LogP contribution >= 0.6 is 12.2 Å². The molecule has 1 aromatic heterocycles. The summed E-state index contributed by atoms with van der Waals surface area (Å²) in [6.45, 7) is 3.82. The highest BCUT2D eigenvalue weighted by Gasteiger charge is 2.13. The van der Waals surface area contributed by atoms with Crippen LogP contribution in [0.15, 0.2) is 46.9 Å². The molecule has 0 amide bonds. The van der Waals surface area contributed by atoms with Crippen molar-refractivity contribution in [2.45, 2.75) is 13.6 Å². The summed E-state index contributed by atoms with van der Waals surface area (Å²) < 4.78 is 23.7. The molecule has 8 heteroatoms. The zero-order valence-electron chi connectivity index (χ0n) is 17.0. The molecule has 0 aliphatic heterocycles. The van der Waals surface area contributed by atoms with E-state index in [0.29, 0.717) is 42.0 Å². The summed E-state index contributed by atoms with van der Waals surface area (Å²) in [5.41, 5.74) is 1.94. The highest BCUT2D eigenvalue weighted by molar-refractivity contribution is 7.71. The maximum atomic E-state index is 5.80. The van der Waals surface area contributed by atoms with Crippen molar-refractivity contribution in [3.05, 3.63) is 52.9 Å². The third kappa shape index (κ3) is 5.36. The number of benzene rings is 2. The number of aryl methyl sites for hydroxylation is 1. The van der Waals surface area contributed by atoms with Crippen molar-refractivity contribution in [3.8, 4) is 28.7 Å². The average molecular weight is 416 g/mol. The van der Waals surface area contributed by atoms with Gasteiger partial charge in [-0.3, -0.25) is 4.90 Å². The lowest BCUT2D eigenvalue weighted by molar-refractivity contribution is 0.196. The monoisotopic (exact) mass is 415 g/mol. The zero-order valence-corrected chi connectivity index (χ0v) is 17.9. The molecule has 0 saturated carbocycles. The van der Waals surface area contributed by atoms with Crippen molar-refractivity contribution in [2.24, 2.45) is 0 Å². The van der Waals surface area contributed by atoms with E-state index in [1.807, 2.05) is 50.4 Å². The number of likely N-dealkylation sites (N-methyl/N-ethyl adjacent to an activating group) is 1. The van der Waals surface area contributed by atoms with Gasteiger partial charge in [0, 0.05) is 12.1 Å². The van der Waals surface area contributed by atoms with E-state index in [-0.39, 0.29) is 0 Å². The minimum Gasteiger partial charge on any atom is -0.493 e. The Kier molecular flexibility index (Phi) is 6.90. The van der Waals surface area contributed by atoms with Gasteiger partial charge in [0.2, 0.25) is 5.89 Å². The van der Waals surface area contributed by atoms with E-state index in [1.165, 1.54) is 5.56 Å². The fraction of sp³-hybridized carbons (Fsp3) is 0.333. The van der Waals surface area contributed by atoms with Crippen LogP contribution in [0.25, 0.3) is 11.5 Å². The number of rotatable bonds is 9. The predicted octanol–water partition coefficient (Wildman–Crippen LogP) is 4.17. The largest absolute Gasteiger partial charge is 0.493 e. The molecule has 3 rings (SSSR count). The molecule has 0 saturated heterocycles. The van der Waals surface area contributed by atoms with Gasteiger partial charge < -0.3 is 18.6 Å². The van der Waals surface area contributed by atoms with Gasteiger partial charge in [0.05, 0.1) is 20.9 Å². The van der Waals surface area contributed by atoms with E-state index in [1.54, 1.807) is 25.0 Å². The molecule has 154 valence electrons. The van der Waals surface area contributed by atoms with Crippen molar-refractivity contribution in [1.82, 2.24) is 14.7 Å². The number of hydrogen-bond acceptors (Lipinski definition) is 7. The second-order valence-corrected chi connectivity index (χ2v) is 6.98. The maximum absolute atomic E-state index is 5.80. The Hall–Kier alpha value is -2.84. The van der Waals surface area contributed by atoms with Gasteiger partial charge in [0.15, 0.2) is 11.5 Å². The molecule has 2 aromatic carbocycles. The number of ether oxygens (including phenoxy) is 3. The van der Waals surface area contributed by atoms with Crippen molar-refractivity contribution in [1.29, 1.82) is 0 Å². The summed E-state index contributed by atoms with van der Waals surface area (Å²) in [5.74, 6) is 2.54.